The number of aromatic nitrogens is 1. The average molecular weight is 354 g/mol. The Balaban J connectivity index is 2.42. The Morgan fingerprint density at radius 2 is 1.92 bits per heavy atom. The average Bonchev–Trinajstić information content (AvgIpc) is 2.54. The van der Waals surface area contributed by atoms with Crippen LogP contribution >= 0.6 is 0 Å². The fourth-order valence-electron chi connectivity index (χ4n) is 3.52. The first-order chi connectivity index (χ1) is 11.7. The van der Waals surface area contributed by atoms with Crippen LogP contribution in [0.1, 0.15) is 37.3 Å². The molecule has 1 aliphatic heterocycles. The van der Waals surface area contributed by atoms with E-state index in [-0.39, 0.29) is 28.9 Å². The molecule has 1 aromatic carbocycles. The molecule has 1 aromatic heterocycles. The van der Waals surface area contributed by atoms with Gasteiger partial charge in [-0.1, -0.05) is 19.8 Å². The number of nitrogens with one attached hydrogen (secondary N) is 1. The zero-order chi connectivity index (χ0) is 18.4. The lowest BCUT2D eigenvalue weighted by Crippen LogP contribution is -2.47. The molecule has 0 aliphatic carbocycles. The van der Waals surface area contributed by atoms with Gasteiger partial charge in [0.05, 0.1) is 0 Å². The van der Waals surface area contributed by atoms with Crippen LogP contribution in [0.25, 0.3) is 0 Å². The number of hydrogen-bond donors (Lipinski definition) is 1. The minimum atomic E-state index is -4.67. The number of alkyl halides is 3. The molecule has 3 nitrogen and oxygen atoms in total. The summed E-state index contributed by atoms with van der Waals surface area (Å²) >= 11 is 0. The lowest BCUT2D eigenvalue weighted by molar-refractivity contribution is -0.180. The summed E-state index contributed by atoms with van der Waals surface area (Å²) in [6, 6.07) is 4.57. The first-order valence-corrected chi connectivity index (χ1v) is 8.06. The van der Waals surface area contributed by atoms with Gasteiger partial charge in [-0.2, -0.15) is 13.2 Å². The molecule has 0 saturated heterocycles. The van der Waals surface area contributed by atoms with Crippen LogP contribution in [0.5, 0.6) is 0 Å². The number of halogens is 4. The first-order valence-electron chi connectivity index (χ1n) is 8.06. The molecule has 2 heterocycles. The van der Waals surface area contributed by atoms with Gasteiger partial charge >= 0.3 is 6.18 Å². The van der Waals surface area contributed by atoms with Crippen molar-refractivity contribution in [1.29, 1.82) is 0 Å². The SMILES string of the molecule is CCCCC1(C(F)(F)F)c2cc(F)ccc2Nc2c1ccn(C)c2=O. The highest BCUT2D eigenvalue weighted by molar-refractivity contribution is 5.76. The normalized spacial score (nSPS) is 19.1. The van der Waals surface area contributed by atoms with Gasteiger partial charge in [0.15, 0.2) is 0 Å². The van der Waals surface area contributed by atoms with E-state index in [2.05, 4.69) is 5.32 Å². The summed E-state index contributed by atoms with van der Waals surface area (Å²) in [6.07, 6.45) is -2.75. The molecule has 0 saturated carbocycles. The third kappa shape index (κ3) is 2.53. The molecule has 0 bridgehead atoms. The Bertz CT molecular complexity index is 872. The highest BCUT2D eigenvalue weighted by Gasteiger charge is 2.60. The van der Waals surface area contributed by atoms with Crippen molar-refractivity contribution >= 4 is 11.4 Å². The smallest absolute Gasteiger partial charge is 0.351 e. The molecule has 1 N–H and O–H groups in total. The van der Waals surface area contributed by atoms with E-state index in [1.807, 2.05) is 0 Å². The molecule has 0 spiro atoms. The Labute approximate surface area is 142 Å². The number of rotatable bonds is 3. The van der Waals surface area contributed by atoms with E-state index in [1.54, 1.807) is 6.92 Å². The summed E-state index contributed by atoms with van der Waals surface area (Å²) in [4.78, 5) is 12.4. The number of nitrogens with zero attached hydrogens (tertiary/aromatic N) is 1. The van der Waals surface area contributed by atoms with Gasteiger partial charge in [0.1, 0.15) is 16.9 Å². The molecule has 3 rings (SSSR count). The second kappa shape index (κ2) is 5.89. The predicted octanol–water partition coefficient (Wildman–Crippen LogP) is 4.62. The van der Waals surface area contributed by atoms with Crippen molar-refractivity contribution in [2.24, 2.45) is 7.05 Å². The highest BCUT2D eigenvalue weighted by Crippen LogP contribution is 2.56. The molecule has 0 amide bonds. The third-order valence-electron chi connectivity index (χ3n) is 4.82. The number of aryl methyl sites for hydroxylation is 1. The summed E-state index contributed by atoms with van der Waals surface area (Å²) < 4.78 is 58.2. The number of fused-ring (bicyclic) bond motifs is 2. The van der Waals surface area contributed by atoms with Crippen molar-refractivity contribution in [3.63, 3.8) is 0 Å². The summed E-state index contributed by atoms with van der Waals surface area (Å²) in [5.41, 5.74) is -3.25. The van der Waals surface area contributed by atoms with Crippen molar-refractivity contribution < 1.29 is 17.6 Å². The molecule has 134 valence electrons. The fourth-order valence-corrected chi connectivity index (χ4v) is 3.52. The van der Waals surface area contributed by atoms with Gasteiger partial charge in [-0.15, -0.1) is 0 Å². The van der Waals surface area contributed by atoms with Gasteiger partial charge < -0.3 is 9.88 Å². The van der Waals surface area contributed by atoms with Crippen LogP contribution in [0.15, 0.2) is 35.3 Å². The fraction of sp³-hybridized carbons (Fsp3) is 0.389. The Morgan fingerprint density at radius 3 is 2.56 bits per heavy atom. The minimum absolute atomic E-state index is 0.0995. The molecule has 0 radical (unpaired) electrons. The summed E-state index contributed by atoms with van der Waals surface area (Å²) in [7, 11) is 1.48. The second-order valence-corrected chi connectivity index (χ2v) is 6.34. The first kappa shape index (κ1) is 17.5. The van der Waals surface area contributed by atoms with Gasteiger partial charge in [-0.3, -0.25) is 4.79 Å². The van der Waals surface area contributed by atoms with E-state index in [4.69, 9.17) is 0 Å². The molecular formula is C18H18F4N2O. The number of unbranched alkanes of at least 4 members (excludes halogenated alkanes) is 1. The largest absolute Gasteiger partial charge is 0.402 e. The molecule has 1 unspecified atom stereocenters. The summed E-state index contributed by atoms with van der Waals surface area (Å²) in [5, 5.41) is 2.78. The maximum absolute atomic E-state index is 14.4. The van der Waals surface area contributed by atoms with Crippen LogP contribution in [0.3, 0.4) is 0 Å². The lowest BCUT2D eigenvalue weighted by Gasteiger charge is -2.42. The molecule has 1 aliphatic rings. The van der Waals surface area contributed by atoms with E-state index >= 15 is 0 Å². The van der Waals surface area contributed by atoms with Crippen LogP contribution in [0, 0.1) is 5.82 Å². The van der Waals surface area contributed by atoms with E-state index in [0.29, 0.717) is 12.8 Å². The van der Waals surface area contributed by atoms with E-state index in [1.165, 1.54) is 29.9 Å². The monoisotopic (exact) mass is 354 g/mol. The number of hydrogen-bond acceptors (Lipinski definition) is 2. The van der Waals surface area contributed by atoms with E-state index < -0.39 is 23.0 Å². The van der Waals surface area contributed by atoms with Gasteiger partial charge in [-0.25, -0.2) is 4.39 Å². The quantitative estimate of drug-likeness (QED) is 0.816. The predicted molar refractivity (Wildman–Crippen MR) is 87.7 cm³/mol. The maximum atomic E-state index is 14.4. The Hall–Kier alpha value is -2.31. The van der Waals surface area contributed by atoms with E-state index in [0.717, 1.165) is 12.1 Å². The third-order valence-corrected chi connectivity index (χ3v) is 4.82. The van der Waals surface area contributed by atoms with Crippen molar-refractivity contribution in [3.05, 3.63) is 57.8 Å². The van der Waals surface area contributed by atoms with Crippen LogP contribution in [0.4, 0.5) is 28.9 Å². The topological polar surface area (TPSA) is 34.0 Å². The van der Waals surface area contributed by atoms with Crippen LogP contribution in [-0.4, -0.2) is 10.7 Å². The van der Waals surface area contributed by atoms with Gasteiger partial charge in [0.25, 0.3) is 5.56 Å². The lowest BCUT2D eigenvalue weighted by atomic mass is 9.67. The standard InChI is InChI=1S/C18H18F4N2O/c1-3-4-8-17(18(20,21)22)12-7-9-24(2)16(25)15(12)23-14-6-5-11(19)10-13(14)17/h5-7,9-10,23H,3-4,8H2,1-2H3. The molecule has 25 heavy (non-hydrogen) atoms. The highest BCUT2D eigenvalue weighted by atomic mass is 19.4. The molecule has 0 fully saturated rings. The van der Waals surface area contributed by atoms with Crippen LogP contribution < -0.4 is 10.9 Å². The Kier molecular flexibility index (Phi) is 4.13. The van der Waals surface area contributed by atoms with Gasteiger partial charge in [0.2, 0.25) is 0 Å². The Morgan fingerprint density at radius 1 is 1.20 bits per heavy atom. The summed E-state index contributed by atoms with van der Waals surface area (Å²) in [5.74, 6) is -0.738. The second-order valence-electron chi connectivity index (χ2n) is 6.34. The molecule has 2 aromatic rings. The molecule has 1 atom stereocenters. The summed E-state index contributed by atoms with van der Waals surface area (Å²) in [6.45, 7) is 1.79. The van der Waals surface area contributed by atoms with Crippen molar-refractivity contribution in [2.45, 2.75) is 37.8 Å². The van der Waals surface area contributed by atoms with Crippen molar-refractivity contribution in [2.75, 3.05) is 5.32 Å². The van der Waals surface area contributed by atoms with Gasteiger partial charge in [0, 0.05) is 24.5 Å². The number of pyridine rings is 1. The zero-order valence-corrected chi connectivity index (χ0v) is 13.9. The number of benzene rings is 1. The van der Waals surface area contributed by atoms with Crippen LogP contribution in [-0.2, 0) is 12.5 Å². The van der Waals surface area contributed by atoms with Crippen molar-refractivity contribution in [3.8, 4) is 0 Å². The minimum Gasteiger partial charge on any atom is -0.351 e. The van der Waals surface area contributed by atoms with Gasteiger partial charge in [-0.05, 0) is 36.2 Å². The molecular weight excluding hydrogens is 336 g/mol. The zero-order valence-electron chi connectivity index (χ0n) is 13.9. The van der Waals surface area contributed by atoms with E-state index in [9.17, 15) is 22.4 Å². The maximum Gasteiger partial charge on any atom is 0.402 e. The number of anilines is 2. The van der Waals surface area contributed by atoms with Crippen molar-refractivity contribution in [1.82, 2.24) is 4.57 Å². The van der Waals surface area contributed by atoms with Crippen LogP contribution in [0.2, 0.25) is 0 Å². The molecule has 7 heteroatoms.